The minimum Gasteiger partial charge on any atom is -0.378 e. The van der Waals surface area contributed by atoms with Crippen molar-refractivity contribution in [3.63, 3.8) is 0 Å². The lowest BCUT2D eigenvalue weighted by Crippen LogP contribution is -2.46. The molecule has 4 heterocycles. The summed E-state index contributed by atoms with van der Waals surface area (Å²) in [6.45, 7) is 1.02. The van der Waals surface area contributed by atoms with Crippen LogP contribution in [0.5, 0.6) is 0 Å². The largest absolute Gasteiger partial charge is 0.446 e. The molecule has 3 aliphatic rings. The van der Waals surface area contributed by atoms with Gasteiger partial charge in [0, 0.05) is 23.4 Å². The molecular weight excluding hydrogens is 518 g/mol. The van der Waals surface area contributed by atoms with Crippen LogP contribution in [0.4, 0.5) is 23.2 Å². The Morgan fingerprint density at radius 2 is 2.14 bits per heavy atom. The maximum absolute atomic E-state index is 14.7. The van der Waals surface area contributed by atoms with Crippen LogP contribution in [0.2, 0.25) is 0 Å². The van der Waals surface area contributed by atoms with Gasteiger partial charge >= 0.3 is 5.51 Å². The van der Waals surface area contributed by atoms with E-state index in [2.05, 4.69) is 20.8 Å². The molecule has 2 N–H and O–H groups in total. The lowest BCUT2D eigenvalue weighted by molar-refractivity contribution is -0.123. The summed E-state index contributed by atoms with van der Waals surface area (Å²) in [4.78, 5) is 18.7. The Labute approximate surface area is 212 Å². The zero-order valence-electron chi connectivity index (χ0n) is 19.2. The first-order valence-electron chi connectivity index (χ1n) is 11.7. The SMILES string of the molecule is CN1CC[C@@H](Nc2cccc3c(SC(F)(F)F)c(-c4noc([C@H]5CC6(CC6)C(=O)N5)n4)sc23)[C@@H](F)C1. The molecule has 2 aromatic heterocycles. The molecule has 1 saturated carbocycles. The first-order chi connectivity index (χ1) is 17.1. The Bertz CT molecular complexity index is 1320. The maximum atomic E-state index is 14.7. The van der Waals surface area contributed by atoms with Crippen LogP contribution in [0.25, 0.3) is 20.8 Å². The number of nitrogens with one attached hydrogen (secondary N) is 2. The number of nitrogens with zero attached hydrogens (tertiary/aromatic N) is 3. The predicted octanol–water partition coefficient (Wildman–Crippen LogP) is 5.36. The molecule has 0 bridgehead atoms. The van der Waals surface area contributed by atoms with E-state index in [1.54, 1.807) is 18.2 Å². The second-order valence-electron chi connectivity index (χ2n) is 9.77. The standard InChI is InChI=1S/C23H23F4N5O2S2/c1-32-8-5-13(12(24)10-32)28-14-4-2-3-11-16(14)35-18(17(11)36-23(25,26)27)19-30-20(34-31-19)15-9-22(6-7-22)21(33)29-15/h2-4,12-13,15,28H,5-10H2,1H3,(H,29,33)/t12-,13+,15+/m0/s1. The molecule has 192 valence electrons. The van der Waals surface area contributed by atoms with Crippen LogP contribution in [0.1, 0.15) is 37.6 Å². The number of hydrogen-bond acceptors (Lipinski definition) is 8. The number of likely N-dealkylation sites (tertiary alicyclic amines) is 1. The minimum atomic E-state index is -4.53. The van der Waals surface area contributed by atoms with E-state index in [9.17, 15) is 22.4 Å². The molecule has 3 aromatic rings. The molecule has 3 atom stereocenters. The second-order valence-corrected chi connectivity index (χ2v) is 11.9. The van der Waals surface area contributed by atoms with E-state index in [1.807, 2.05) is 11.9 Å². The quantitative estimate of drug-likeness (QED) is 0.333. The van der Waals surface area contributed by atoms with Gasteiger partial charge in [-0.2, -0.15) is 18.2 Å². The molecular formula is C23H23F4N5O2S2. The smallest absolute Gasteiger partial charge is 0.378 e. The lowest BCUT2D eigenvalue weighted by atomic mass is 10.0. The van der Waals surface area contributed by atoms with E-state index in [0.717, 1.165) is 30.7 Å². The Morgan fingerprint density at radius 1 is 1.33 bits per heavy atom. The number of aromatic nitrogens is 2. The van der Waals surface area contributed by atoms with Gasteiger partial charge < -0.3 is 20.1 Å². The molecule has 13 heteroatoms. The van der Waals surface area contributed by atoms with E-state index in [0.29, 0.717) is 35.2 Å². The molecule has 1 aliphatic carbocycles. The average molecular weight is 542 g/mol. The molecule has 3 fully saturated rings. The van der Waals surface area contributed by atoms with Gasteiger partial charge in [-0.05, 0) is 50.6 Å². The number of rotatable bonds is 5. The number of fused-ring (bicyclic) bond motifs is 1. The molecule has 2 saturated heterocycles. The third kappa shape index (κ3) is 4.34. The second kappa shape index (κ2) is 8.59. The number of thiophene rings is 1. The number of amides is 1. The van der Waals surface area contributed by atoms with Gasteiger partial charge in [-0.15, -0.1) is 11.3 Å². The fraction of sp³-hybridized carbons (Fsp3) is 0.522. The number of carbonyl (C=O) groups excluding carboxylic acids is 1. The van der Waals surface area contributed by atoms with Gasteiger partial charge in [0.05, 0.1) is 26.7 Å². The number of carbonyl (C=O) groups is 1. The van der Waals surface area contributed by atoms with Crippen LogP contribution >= 0.6 is 23.1 Å². The molecule has 6 rings (SSSR count). The highest BCUT2D eigenvalue weighted by atomic mass is 32.2. The van der Waals surface area contributed by atoms with Gasteiger partial charge in [-0.25, -0.2) is 4.39 Å². The third-order valence-corrected chi connectivity index (χ3v) is 9.38. The average Bonchev–Trinajstić information content (AvgIpc) is 3.12. The van der Waals surface area contributed by atoms with Crippen LogP contribution < -0.4 is 10.6 Å². The fourth-order valence-electron chi connectivity index (χ4n) is 5.04. The number of halogens is 4. The van der Waals surface area contributed by atoms with Crippen molar-refractivity contribution in [3.8, 4) is 10.7 Å². The van der Waals surface area contributed by atoms with Crippen LogP contribution in [0.3, 0.4) is 0 Å². The van der Waals surface area contributed by atoms with Crippen molar-refractivity contribution in [2.24, 2.45) is 5.41 Å². The van der Waals surface area contributed by atoms with E-state index in [1.165, 1.54) is 0 Å². The van der Waals surface area contributed by atoms with Gasteiger partial charge in [-0.3, -0.25) is 4.79 Å². The Balaban J connectivity index is 1.36. The molecule has 2 aliphatic heterocycles. The van der Waals surface area contributed by atoms with Crippen molar-refractivity contribution in [2.75, 3.05) is 25.5 Å². The molecule has 7 nitrogen and oxygen atoms in total. The minimum absolute atomic E-state index is 0.0206. The van der Waals surface area contributed by atoms with Gasteiger partial charge in [0.2, 0.25) is 17.6 Å². The third-order valence-electron chi connectivity index (χ3n) is 7.15. The zero-order valence-corrected chi connectivity index (χ0v) is 20.8. The highest BCUT2D eigenvalue weighted by Crippen LogP contribution is 2.56. The topological polar surface area (TPSA) is 83.3 Å². The highest BCUT2D eigenvalue weighted by molar-refractivity contribution is 8.00. The molecule has 0 unspecified atom stereocenters. The van der Waals surface area contributed by atoms with Crippen LogP contribution in [-0.4, -0.2) is 58.8 Å². The summed E-state index contributed by atoms with van der Waals surface area (Å²) in [7, 11) is 1.86. The number of piperidine rings is 1. The first-order valence-corrected chi connectivity index (χ1v) is 13.3. The molecule has 0 radical (unpaired) electrons. The summed E-state index contributed by atoms with van der Waals surface area (Å²) in [5.41, 5.74) is -4.32. The summed E-state index contributed by atoms with van der Waals surface area (Å²) in [6.07, 6.45) is 1.65. The fourth-order valence-corrected chi connectivity index (χ4v) is 7.15. The first kappa shape index (κ1) is 24.0. The van der Waals surface area contributed by atoms with E-state index >= 15 is 0 Å². The van der Waals surface area contributed by atoms with Gasteiger partial charge in [-0.1, -0.05) is 17.3 Å². The maximum Gasteiger partial charge on any atom is 0.446 e. The van der Waals surface area contributed by atoms with Crippen molar-refractivity contribution in [2.45, 2.75) is 54.3 Å². The molecule has 1 amide bonds. The van der Waals surface area contributed by atoms with Crippen molar-refractivity contribution in [1.29, 1.82) is 0 Å². The van der Waals surface area contributed by atoms with Crippen molar-refractivity contribution < 1.29 is 26.9 Å². The van der Waals surface area contributed by atoms with Crippen LogP contribution in [0, 0.1) is 5.41 Å². The highest BCUT2D eigenvalue weighted by Gasteiger charge is 2.57. The monoisotopic (exact) mass is 541 g/mol. The predicted molar refractivity (Wildman–Crippen MR) is 129 cm³/mol. The van der Waals surface area contributed by atoms with Crippen molar-refractivity contribution in [1.82, 2.24) is 20.4 Å². The van der Waals surface area contributed by atoms with Crippen LogP contribution in [0.15, 0.2) is 27.6 Å². The van der Waals surface area contributed by atoms with Crippen LogP contribution in [-0.2, 0) is 4.79 Å². The van der Waals surface area contributed by atoms with Gasteiger partial charge in [0.15, 0.2) is 0 Å². The molecule has 1 spiro atoms. The zero-order chi connectivity index (χ0) is 25.2. The summed E-state index contributed by atoms with van der Waals surface area (Å²) in [6, 6.07) is 4.14. The number of hydrogen-bond donors (Lipinski definition) is 2. The van der Waals surface area contributed by atoms with Crippen molar-refractivity contribution in [3.05, 3.63) is 24.1 Å². The number of benzene rings is 1. The number of anilines is 1. The van der Waals surface area contributed by atoms with Crippen molar-refractivity contribution >= 4 is 44.8 Å². The summed E-state index contributed by atoms with van der Waals surface area (Å²) < 4.78 is 61.4. The van der Waals surface area contributed by atoms with Gasteiger partial charge in [0.1, 0.15) is 12.2 Å². The van der Waals surface area contributed by atoms with E-state index in [4.69, 9.17) is 4.52 Å². The van der Waals surface area contributed by atoms with E-state index < -0.39 is 23.8 Å². The summed E-state index contributed by atoms with van der Waals surface area (Å²) >= 11 is 0.891. The Hall–Kier alpha value is -2.38. The summed E-state index contributed by atoms with van der Waals surface area (Å²) in [5, 5.41) is 10.5. The molecule has 36 heavy (non-hydrogen) atoms. The normalized spacial score (nSPS) is 26.0. The molecule has 1 aromatic carbocycles. The Kier molecular flexibility index (Phi) is 5.72. The summed E-state index contributed by atoms with van der Waals surface area (Å²) in [5.74, 6) is 0.184. The van der Waals surface area contributed by atoms with Gasteiger partial charge in [0.25, 0.3) is 0 Å². The number of thioether (sulfide) groups is 1. The lowest BCUT2D eigenvalue weighted by Gasteiger charge is -2.33. The number of alkyl halides is 4. The Morgan fingerprint density at radius 3 is 2.83 bits per heavy atom. The van der Waals surface area contributed by atoms with E-state index in [-0.39, 0.29) is 44.6 Å².